The summed E-state index contributed by atoms with van der Waals surface area (Å²) in [6, 6.07) is 8.17. The number of anilines is 1. The fourth-order valence-electron chi connectivity index (χ4n) is 1.34. The summed E-state index contributed by atoms with van der Waals surface area (Å²) >= 11 is 0. The molecule has 13 heavy (non-hydrogen) atoms. The van der Waals surface area contributed by atoms with Crippen molar-refractivity contribution >= 4 is 5.69 Å². The second-order valence-electron chi connectivity index (χ2n) is 3.33. The standard InChI is InChI=1S/C12H18N/c1-2-3-4-5-6-11-7-9-12(13)10-8-11/h3,7-10H,2,4-6,13H2,1H3. The molecule has 2 N–H and O–H groups in total. The lowest BCUT2D eigenvalue weighted by atomic mass is 10.1. The predicted molar refractivity (Wildman–Crippen MR) is 58.4 cm³/mol. The molecule has 0 heterocycles. The van der Waals surface area contributed by atoms with Gasteiger partial charge in [0.1, 0.15) is 0 Å². The van der Waals surface area contributed by atoms with Gasteiger partial charge in [0, 0.05) is 5.69 Å². The largest absolute Gasteiger partial charge is 0.399 e. The van der Waals surface area contributed by atoms with Crippen molar-refractivity contribution in [2.75, 3.05) is 5.73 Å². The number of benzene rings is 1. The summed E-state index contributed by atoms with van der Waals surface area (Å²) in [6.07, 6.45) is 7.15. The van der Waals surface area contributed by atoms with Crippen LogP contribution in [-0.4, -0.2) is 0 Å². The van der Waals surface area contributed by atoms with E-state index in [4.69, 9.17) is 5.73 Å². The quantitative estimate of drug-likeness (QED) is 0.541. The van der Waals surface area contributed by atoms with Gasteiger partial charge < -0.3 is 5.73 Å². The topological polar surface area (TPSA) is 26.0 Å². The van der Waals surface area contributed by atoms with Gasteiger partial charge in [0.15, 0.2) is 0 Å². The average Bonchev–Trinajstić information content (AvgIpc) is 2.15. The predicted octanol–water partition coefficient (Wildman–Crippen LogP) is 3.21. The van der Waals surface area contributed by atoms with Crippen LogP contribution in [0.3, 0.4) is 0 Å². The van der Waals surface area contributed by atoms with Crippen molar-refractivity contribution in [2.24, 2.45) is 0 Å². The maximum atomic E-state index is 5.60. The van der Waals surface area contributed by atoms with Crippen LogP contribution in [0.25, 0.3) is 0 Å². The van der Waals surface area contributed by atoms with Gasteiger partial charge in [-0.25, -0.2) is 0 Å². The van der Waals surface area contributed by atoms with E-state index in [2.05, 4.69) is 25.5 Å². The molecular weight excluding hydrogens is 158 g/mol. The molecule has 0 atom stereocenters. The number of aryl methyl sites for hydroxylation is 1. The maximum Gasteiger partial charge on any atom is 0.0314 e. The molecule has 0 fully saturated rings. The minimum atomic E-state index is 0.851. The summed E-state index contributed by atoms with van der Waals surface area (Å²) in [5.41, 5.74) is 7.84. The number of hydrogen-bond acceptors (Lipinski definition) is 1. The molecule has 1 radical (unpaired) electrons. The summed E-state index contributed by atoms with van der Waals surface area (Å²) < 4.78 is 0. The fraction of sp³-hybridized carbons (Fsp3) is 0.417. The number of rotatable bonds is 5. The molecule has 0 saturated heterocycles. The van der Waals surface area contributed by atoms with E-state index in [1.165, 1.54) is 24.8 Å². The minimum Gasteiger partial charge on any atom is -0.399 e. The maximum absolute atomic E-state index is 5.60. The Bertz CT molecular complexity index is 225. The molecule has 1 nitrogen and oxygen atoms in total. The van der Waals surface area contributed by atoms with Gasteiger partial charge in [-0.05, 0) is 43.4 Å². The lowest BCUT2D eigenvalue weighted by molar-refractivity contribution is 0.781. The molecule has 0 saturated carbocycles. The Hall–Kier alpha value is -0.980. The molecule has 1 aromatic carbocycles. The first kappa shape index (κ1) is 10.1. The summed E-state index contributed by atoms with van der Waals surface area (Å²) in [6.45, 7) is 2.18. The third-order valence-electron chi connectivity index (χ3n) is 2.14. The van der Waals surface area contributed by atoms with Crippen LogP contribution in [0.1, 0.15) is 31.7 Å². The first-order chi connectivity index (χ1) is 6.33. The van der Waals surface area contributed by atoms with Gasteiger partial charge in [0.05, 0.1) is 0 Å². The van der Waals surface area contributed by atoms with E-state index in [9.17, 15) is 0 Å². The fourth-order valence-corrected chi connectivity index (χ4v) is 1.34. The molecule has 1 rings (SSSR count). The van der Waals surface area contributed by atoms with Crippen LogP contribution in [-0.2, 0) is 6.42 Å². The van der Waals surface area contributed by atoms with E-state index in [1.54, 1.807) is 0 Å². The van der Waals surface area contributed by atoms with Crippen LogP contribution in [0.5, 0.6) is 0 Å². The van der Waals surface area contributed by atoms with Crippen molar-refractivity contribution in [3.8, 4) is 0 Å². The van der Waals surface area contributed by atoms with Crippen molar-refractivity contribution in [1.82, 2.24) is 0 Å². The molecule has 0 unspecified atom stereocenters. The Balaban J connectivity index is 2.25. The molecule has 0 aromatic heterocycles. The van der Waals surface area contributed by atoms with Crippen molar-refractivity contribution < 1.29 is 0 Å². The number of hydrogen-bond donors (Lipinski definition) is 1. The highest BCUT2D eigenvalue weighted by molar-refractivity contribution is 5.39. The molecule has 0 spiro atoms. The number of unbranched alkanes of at least 4 members (excludes halogenated alkanes) is 3. The van der Waals surface area contributed by atoms with Crippen LogP contribution in [0.15, 0.2) is 24.3 Å². The van der Waals surface area contributed by atoms with Crippen molar-refractivity contribution in [3.05, 3.63) is 36.2 Å². The minimum absolute atomic E-state index is 0.851. The van der Waals surface area contributed by atoms with E-state index in [1.807, 2.05) is 12.1 Å². The Morgan fingerprint density at radius 3 is 2.54 bits per heavy atom. The number of nitrogen functional groups attached to an aromatic ring is 1. The van der Waals surface area contributed by atoms with Crippen molar-refractivity contribution in [1.29, 1.82) is 0 Å². The first-order valence-corrected chi connectivity index (χ1v) is 4.99. The van der Waals surface area contributed by atoms with Crippen LogP contribution < -0.4 is 5.73 Å². The van der Waals surface area contributed by atoms with E-state index in [0.717, 1.165) is 12.1 Å². The monoisotopic (exact) mass is 176 g/mol. The molecule has 0 aliphatic heterocycles. The molecule has 71 valence electrons. The normalized spacial score (nSPS) is 10.2. The molecule has 0 aliphatic rings. The van der Waals surface area contributed by atoms with Crippen LogP contribution in [0.2, 0.25) is 0 Å². The highest BCUT2D eigenvalue weighted by Crippen LogP contribution is 2.09. The van der Waals surface area contributed by atoms with Crippen molar-refractivity contribution in [2.45, 2.75) is 32.6 Å². The van der Waals surface area contributed by atoms with Crippen LogP contribution in [0, 0.1) is 6.42 Å². The molecule has 0 bridgehead atoms. The lowest BCUT2D eigenvalue weighted by Crippen LogP contribution is -1.88. The lowest BCUT2D eigenvalue weighted by Gasteiger charge is -2.01. The van der Waals surface area contributed by atoms with E-state index < -0.39 is 0 Å². The molecular formula is C12H18N. The van der Waals surface area contributed by atoms with E-state index in [0.29, 0.717) is 0 Å². The van der Waals surface area contributed by atoms with Gasteiger partial charge >= 0.3 is 0 Å². The van der Waals surface area contributed by atoms with Gasteiger partial charge in [0.25, 0.3) is 0 Å². The third kappa shape index (κ3) is 3.97. The smallest absolute Gasteiger partial charge is 0.0314 e. The molecule has 0 amide bonds. The van der Waals surface area contributed by atoms with E-state index in [-0.39, 0.29) is 0 Å². The first-order valence-electron chi connectivity index (χ1n) is 4.99. The summed E-state index contributed by atoms with van der Waals surface area (Å²) in [4.78, 5) is 0. The molecule has 1 aromatic rings. The van der Waals surface area contributed by atoms with Crippen LogP contribution in [0.4, 0.5) is 5.69 Å². The molecule has 1 heteroatoms. The Morgan fingerprint density at radius 2 is 1.92 bits per heavy atom. The van der Waals surface area contributed by atoms with Gasteiger partial charge in [-0.1, -0.05) is 25.5 Å². The Labute approximate surface area is 81.0 Å². The zero-order valence-corrected chi connectivity index (χ0v) is 8.29. The second-order valence-corrected chi connectivity index (χ2v) is 3.33. The third-order valence-corrected chi connectivity index (χ3v) is 2.14. The zero-order chi connectivity index (χ0) is 9.52. The van der Waals surface area contributed by atoms with Gasteiger partial charge in [0.2, 0.25) is 0 Å². The van der Waals surface area contributed by atoms with Gasteiger partial charge in [-0.15, -0.1) is 0 Å². The zero-order valence-electron chi connectivity index (χ0n) is 8.29. The summed E-state index contributed by atoms with van der Waals surface area (Å²) in [7, 11) is 0. The summed E-state index contributed by atoms with van der Waals surface area (Å²) in [5.74, 6) is 0. The van der Waals surface area contributed by atoms with Gasteiger partial charge in [-0.2, -0.15) is 0 Å². The molecule has 0 aliphatic carbocycles. The van der Waals surface area contributed by atoms with Crippen molar-refractivity contribution in [3.63, 3.8) is 0 Å². The van der Waals surface area contributed by atoms with Gasteiger partial charge in [-0.3, -0.25) is 0 Å². The average molecular weight is 176 g/mol. The number of nitrogens with two attached hydrogens (primary N) is 1. The second kappa shape index (κ2) is 5.63. The Kier molecular flexibility index (Phi) is 4.37. The van der Waals surface area contributed by atoms with E-state index >= 15 is 0 Å². The Morgan fingerprint density at radius 1 is 1.23 bits per heavy atom. The van der Waals surface area contributed by atoms with Crippen LogP contribution >= 0.6 is 0 Å². The summed E-state index contributed by atoms with van der Waals surface area (Å²) in [5, 5.41) is 0. The SMILES string of the molecule is CC[CH]CCCc1ccc(N)cc1. The highest BCUT2D eigenvalue weighted by Gasteiger charge is 1.92. The highest BCUT2D eigenvalue weighted by atomic mass is 14.5.